The second kappa shape index (κ2) is 8.08. The summed E-state index contributed by atoms with van der Waals surface area (Å²) >= 11 is 0. The molecule has 1 aliphatic rings. The van der Waals surface area contributed by atoms with Crippen molar-refractivity contribution in [2.45, 2.75) is 39.0 Å². The topological polar surface area (TPSA) is 69.6 Å². The summed E-state index contributed by atoms with van der Waals surface area (Å²) in [7, 11) is 0. The van der Waals surface area contributed by atoms with Gasteiger partial charge in [0.2, 0.25) is 11.8 Å². The molecule has 104 valence electrons. The van der Waals surface area contributed by atoms with E-state index in [-0.39, 0.29) is 24.3 Å². The fourth-order valence-electron chi connectivity index (χ4n) is 2.20. The van der Waals surface area contributed by atoms with Crippen LogP contribution in [0, 0.1) is 5.92 Å². The molecule has 1 heterocycles. The number of nitrogens with one attached hydrogen (secondary N) is 1. The van der Waals surface area contributed by atoms with Crippen LogP contribution in [0.25, 0.3) is 0 Å². The van der Waals surface area contributed by atoms with Gasteiger partial charge in [0, 0.05) is 38.6 Å². The number of carbonyl (C=O) groups excluding carboxylic acids is 2. The van der Waals surface area contributed by atoms with Crippen molar-refractivity contribution in [3.05, 3.63) is 0 Å². The first-order valence-corrected chi connectivity index (χ1v) is 6.85. The Morgan fingerprint density at radius 3 is 2.56 bits per heavy atom. The molecule has 5 nitrogen and oxygen atoms in total. The maximum atomic E-state index is 11.8. The monoisotopic (exact) mass is 256 g/mol. The minimum absolute atomic E-state index is 0.0226. The predicted molar refractivity (Wildman–Crippen MR) is 68.9 cm³/mol. The van der Waals surface area contributed by atoms with Crippen molar-refractivity contribution in [3.8, 4) is 0 Å². The van der Waals surface area contributed by atoms with Gasteiger partial charge in [-0.1, -0.05) is 6.92 Å². The van der Waals surface area contributed by atoms with Crippen molar-refractivity contribution in [2.75, 3.05) is 26.2 Å². The van der Waals surface area contributed by atoms with Crippen LogP contribution in [0.3, 0.4) is 0 Å². The molecule has 0 spiro atoms. The number of amides is 2. The maximum Gasteiger partial charge on any atom is 0.223 e. The van der Waals surface area contributed by atoms with Gasteiger partial charge in [0.15, 0.2) is 0 Å². The van der Waals surface area contributed by atoms with Crippen LogP contribution in [0.2, 0.25) is 0 Å². The van der Waals surface area contributed by atoms with Gasteiger partial charge in [-0.15, -0.1) is 0 Å². The van der Waals surface area contributed by atoms with Gasteiger partial charge in [0.1, 0.15) is 0 Å². The number of hydrogen-bond donors (Lipinski definition) is 2. The molecule has 1 aliphatic heterocycles. The van der Waals surface area contributed by atoms with Gasteiger partial charge in [0.05, 0.1) is 0 Å². The van der Waals surface area contributed by atoms with E-state index in [1.165, 1.54) is 0 Å². The highest BCUT2D eigenvalue weighted by molar-refractivity contribution is 5.80. The highest BCUT2D eigenvalue weighted by Crippen LogP contribution is 2.18. The van der Waals surface area contributed by atoms with Crippen molar-refractivity contribution in [1.29, 1.82) is 0 Å². The Morgan fingerprint density at radius 2 is 2.00 bits per heavy atom. The van der Waals surface area contributed by atoms with Crippen LogP contribution in [0.4, 0.5) is 0 Å². The van der Waals surface area contributed by atoms with Gasteiger partial charge in [-0.2, -0.15) is 0 Å². The zero-order valence-electron chi connectivity index (χ0n) is 11.2. The second-order valence-corrected chi connectivity index (χ2v) is 4.77. The second-order valence-electron chi connectivity index (χ2n) is 4.77. The van der Waals surface area contributed by atoms with Crippen LogP contribution < -0.4 is 5.32 Å². The average molecular weight is 256 g/mol. The highest BCUT2D eigenvalue weighted by Gasteiger charge is 2.26. The normalized spacial score (nSPS) is 16.7. The van der Waals surface area contributed by atoms with Gasteiger partial charge >= 0.3 is 0 Å². The van der Waals surface area contributed by atoms with E-state index in [1.54, 1.807) is 0 Å². The molecule has 2 N–H and O–H groups in total. The number of rotatable bonds is 6. The predicted octanol–water partition coefficient (Wildman–Crippen LogP) is 0.524. The fraction of sp³-hybridized carbons (Fsp3) is 0.846. The standard InChI is InChI=1S/C13H24N2O3/c1-2-4-12(17)15-8-5-11(6-9-15)13(18)14-7-3-10-16/h11,16H,2-10H2,1H3,(H,14,18). The third-order valence-electron chi connectivity index (χ3n) is 3.32. The Morgan fingerprint density at radius 1 is 1.33 bits per heavy atom. The van der Waals surface area contributed by atoms with E-state index < -0.39 is 0 Å². The van der Waals surface area contributed by atoms with Crippen LogP contribution >= 0.6 is 0 Å². The van der Waals surface area contributed by atoms with Crippen LogP contribution in [0.5, 0.6) is 0 Å². The average Bonchev–Trinajstić information content (AvgIpc) is 2.39. The summed E-state index contributed by atoms with van der Waals surface area (Å²) in [6.07, 6.45) is 3.58. The first kappa shape index (κ1) is 15.0. The van der Waals surface area contributed by atoms with Gasteiger partial charge in [-0.25, -0.2) is 0 Å². The van der Waals surface area contributed by atoms with E-state index in [0.29, 0.717) is 32.5 Å². The van der Waals surface area contributed by atoms with Gasteiger partial charge in [0.25, 0.3) is 0 Å². The van der Waals surface area contributed by atoms with E-state index in [0.717, 1.165) is 19.3 Å². The molecule has 0 aromatic heterocycles. The van der Waals surface area contributed by atoms with E-state index in [9.17, 15) is 9.59 Å². The molecule has 0 radical (unpaired) electrons. The molecule has 0 atom stereocenters. The lowest BCUT2D eigenvalue weighted by Gasteiger charge is -2.31. The molecule has 1 fully saturated rings. The quantitative estimate of drug-likeness (QED) is 0.681. The number of piperidine rings is 1. The number of nitrogens with zero attached hydrogens (tertiary/aromatic N) is 1. The van der Waals surface area contributed by atoms with Gasteiger partial charge in [-0.05, 0) is 25.7 Å². The number of carbonyl (C=O) groups is 2. The smallest absolute Gasteiger partial charge is 0.223 e. The first-order chi connectivity index (χ1) is 8.69. The largest absolute Gasteiger partial charge is 0.396 e. The molecule has 1 saturated heterocycles. The summed E-state index contributed by atoms with van der Waals surface area (Å²) in [4.78, 5) is 25.3. The first-order valence-electron chi connectivity index (χ1n) is 6.85. The minimum atomic E-state index is 0.0226. The molecule has 0 bridgehead atoms. The summed E-state index contributed by atoms with van der Waals surface area (Å²) in [5, 5.41) is 11.5. The third-order valence-corrected chi connectivity index (χ3v) is 3.32. The highest BCUT2D eigenvalue weighted by atomic mass is 16.3. The van der Waals surface area contributed by atoms with Crippen LogP contribution in [0.1, 0.15) is 39.0 Å². The molecule has 0 saturated carbocycles. The molecule has 0 aliphatic carbocycles. The molecular formula is C13H24N2O3. The lowest BCUT2D eigenvalue weighted by atomic mass is 9.95. The van der Waals surface area contributed by atoms with E-state index in [4.69, 9.17) is 5.11 Å². The zero-order chi connectivity index (χ0) is 13.4. The molecule has 18 heavy (non-hydrogen) atoms. The molecule has 0 unspecified atom stereocenters. The maximum absolute atomic E-state index is 11.8. The Labute approximate surface area is 109 Å². The summed E-state index contributed by atoms with van der Waals surface area (Å²) in [6, 6.07) is 0. The summed E-state index contributed by atoms with van der Waals surface area (Å²) in [5.74, 6) is 0.289. The third kappa shape index (κ3) is 4.64. The van der Waals surface area contributed by atoms with E-state index in [1.807, 2.05) is 11.8 Å². The summed E-state index contributed by atoms with van der Waals surface area (Å²) in [6.45, 7) is 4.02. The molecule has 0 aromatic carbocycles. The molecule has 2 amide bonds. The Balaban J connectivity index is 2.26. The molecule has 5 heteroatoms. The summed E-state index contributed by atoms with van der Waals surface area (Å²) in [5.41, 5.74) is 0. The lowest BCUT2D eigenvalue weighted by Crippen LogP contribution is -2.43. The van der Waals surface area contributed by atoms with Crippen molar-refractivity contribution < 1.29 is 14.7 Å². The van der Waals surface area contributed by atoms with Gasteiger partial charge in [-0.3, -0.25) is 9.59 Å². The Kier molecular flexibility index (Phi) is 6.72. The Bertz CT molecular complexity index is 273. The van der Waals surface area contributed by atoms with E-state index >= 15 is 0 Å². The van der Waals surface area contributed by atoms with Crippen molar-refractivity contribution in [1.82, 2.24) is 10.2 Å². The number of hydrogen-bond acceptors (Lipinski definition) is 3. The zero-order valence-corrected chi connectivity index (χ0v) is 11.2. The lowest BCUT2D eigenvalue weighted by molar-refractivity contribution is -0.135. The number of aliphatic hydroxyl groups is 1. The molecule has 0 aromatic rings. The minimum Gasteiger partial charge on any atom is -0.396 e. The SMILES string of the molecule is CCCC(=O)N1CCC(C(=O)NCCCO)CC1. The fourth-order valence-corrected chi connectivity index (χ4v) is 2.20. The van der Waals surface area contributed by atoms with E-state index in [2.05, 4.69) is 5.32 Å². The molecule has 1 rings (SSSR count). The van der Waals surface area contributed by atoms with Gasteiger partial charge < -0.3 is 15.3 Å². The van der Waals surface area contributed by atoms with Crippen LogP contribution in [-0.2, 0) is 9.59 Å². The Hall–Kier alpha value is -1.10. The molecular weight excluding hydrogens is 232 g/mol. The van der Waals surface area contributed by atoms with Crippen LogP contribution in [0.15, 0.2) is 0 Å². The summed E-state index contributed by atoms with van der Waals surface area (Å²) < 4.78 is 0. The van der Waals surface area contributed by atoms with Crippen LogP contribution in [-0.4, -0.2) is 48.1 Å². The van der Waals surface area contributed by atoms with Crippen molar-refractivity contribution in [2.24, 2.45) is 5.92 Å². The number of aliphatic hydroxyl groups excluding tert-OH is 1. The van der Waals surface area contributed by atoms with Crippen molar-refractivity contribution >= 4 is 11.8 Å². The number of likely N-dealkylation sites (tertiary alicyclic amines) is 1. The van der Waals surface area contributed by atoms with Crippen molar-refractivity contribution in [3.63, 3.8) is 0 Å².